The predicted molar refractivity (Wildman–Crippen MR) is 209 cm³/mol. The molecule has 0 amide bonds. The number of aryl methyl sites for hydroxylation is 1. The van der Waals surface area contributed by atoms with Gasteiger partial charge in [0.25, 0.3) is 0 Å². The highest BCUT2D eigenvalue weighted by atomic mass is 33.1. The predicted octanol–water partition coefficient (Wildman–Crippen LogP) is 5.11. The smallest absolute Gasteiger partial charge is 0.309 e. The molecular weight excluding hydrogens is 699 g/mol. The molecular formula is C41H61NO8S2. The van der Waals surface area contributed by atoms with Crippen molar-refractivity contribution in [3.05, 3.63) is 82.9 Å². The van der Waals surface area contributed by atoms with Crippen LogP contribution in [-0.2, 0) is 30.0 Å². The number of aliphatic hydroxyl groups is 6. The first-order valence-corrected chi connectivity index (χ1v) is 21.5. The molecule has 1 fully saturated rings. The first kappa shape index (κ1) is 42.8. The van der Waals surface area contributed by atoms with E-state index in [0.717, 1.165) is 28.2 Å². The largest absolute Gasteiger partial charge is 0.481 e. The maximum absolute atomic E-state index is 12.7. The van der Waals surface area contributed by atoms with Gasteiger partial charge >= 0.3 is 5.97 Å². The van der Waals surface area contributed by atoms with E-state index in [4.69, 9.17) is 5.73 Å². The standard InChI is InChI=1S/C41H61NO8S2/c1-26(44)39(41(49)50)36-17-14-29-8-2-3-9-32(29)24-51-52-25-33(21-27-6-4-7-28(20-27)23-43)31(22-38(47)35(36)18-19-42)10-5-11-37(46)40(48)30-12-15-34(45)16-13-30/h2-9,11,20,26,30-31,33-40,43-48H,10,12-19,21-25,42H2,1H3,(H,49,50)/t26-,30?,31-,33-,34?,35+,36-,37-,38+,39-,40+/m0/s1. The van der Waals surface area contributed by atoms with Gasteiger partial charge in [-0.1, -0.05) is 82.3 Å². The van der Waals surface area contributed by atoms with Crippen molar-refractivity contribution in [3.8, 4) is 0 Å². The van der Waals surface area contributed by atoms with E-state index in [-0.39, 0.29) is 37.0 Å². The van der Waals surface area contributed by atoms with Crippen molar-refractivity contribution in [1.82, 2.24) is 0 Å². The number of aliphatic hydroxyl groups excluding tert-OH is 6. The lowest BCUT2D eigenvalue weighted by Crippen LogP contribution is -2.43. The number of hydrogen-bond donors (Lipinski definition) is 8. The molecule has 0 saturated heterocycles. The van der Waals surface area contributed by atoms with Crippen LogP contribution in [0.3, 0.4) is 0 Å². The van der Waals surface area contributed by atoms with Crippen LogP contribution in [0.4, 0.5) is 0 Å². The van der Waals surface area contributed by atoms with Crippen LogP contribution < -0.4 is 5.73 Å². The first-order valence-electron chi connectivity index (χ1n) is 19.0. The summed E-state index contributed by atoms with van der Waals surface area (Å²) in [7, 11) is 3.57. The van der Waals surface area contributed by atoms with Gasteiger partial charge < -0.3 is 41.5 Å². The van der Waals surface area contributed by atoms with Crippen molar-refractivity contribution in [2.45, 2.75) is 114 Å². The average molecular weight is 760 g/mol. The monoisotopic (exact) mass is 759 g/mol. The van der Waals surface area contributed by atoms with Gasteiger partial charge in [-0.2, -0.15) is 0 Å². The second-order valence-electron chi connectivity index (χ2n) is 15.1. The maximum Gasteiger partial charge on any atom is 0.309 e. The number of nitrogens with two attached hydrogens (primary N) is 1. The van der Waals surface area contributed by atoms with Crippen LogP contribution in [0.15, 0.2) is 60.7 Å². The van der Waals surface area contributed by atoms with Crippen LogP contribution >= 0.6 is 21.6 Å². The quantitative estimate of drug-likeness (QED) is 0.100. The molecule has 9 atom stereocenters. The van der Waals surface area contributed by atoms with Crippen LogP contribution in [0.5, 0.6) is 0 Å². The summed E-state index contributed by atoms with van der Waals surface area (Å²) < 4.78 is 0. The van der Waals surface area contributed by atoms with Crippen molar-refractivity contribution in [2.24, 2.45) is 41.2 Å². The van der Waals surface area contributed by atoms with Crippen molar-refractivity contribution >= 4 is 27.6 Å². The summed E-state index contributed by atoms with van der Waals surface area (Å²) in [5, 5.41) is 75.2. The molecule has 0 radical (unpaired) electrons. The number of rotatable bonds is 13. The summed E-state index contributed by atoms with van der Waals surface area (Å²) in [5.74, 6) is -1.73. The molecule has 2 aromatic rings. The molecule has 0 spiro atoms. The zero-order valence-corrected chi connectivity index (χ0v) is 32.1. The Bertz CT molecular complexity index is 1390. The summed E-state index contributed by atoms with van der Waals surface area (Å²) in [6.45, 7) is 1.71. The summed E-state index contributed by atoms with van der Waals surface area (Å²) in [4.78, 5) is 12.7. The lowest BCUT2D eigenvalue weighted by atomic mass is 9.69. The minimum absolute atomic E-state index is 0.0647. The molecule has 0 unspecified atom stereocenters. The number of benzene rings is 2. The van der Waals surface area contributed by atoms with Gasteiger partial charge in [-0.25, -0.2) is 0 Å². The van der Waals surface area contributed by atoms with Crippen LogP contribution in [0.1, 0.15) is 80.5 Å². The first-order chi connectivity index (χ1) is 25.0. The van der Waals surface area contributed by atoms with Crippen LogP contribution in [-0.4, -0.2) is 84.5 Å². The number of aliphatic carboxylic acids is 1. The molecule has 0 aromatic heterocycles. The summed E-state index contributed by atoms with van der Waals surface area (Å²) in [6.07, 6.45) is 4.78. The average Bonchev–Trinajstić information content (AvgIpc) is 3.13. The molecule has 9 N–H and O–H groups in total. The number of carbonyl (C=O) groups is 1. The molecule has 9 nitrogen and oxygen atoms in total. The minimum atomic E-state index is -1.12. The summed E-state index contributed by atoms with van der Waals surface area (Å²) in [5.41, 5.74) is 10.4. The highest BCUT2D eigenvalue weighted by Gasteiger charge is 2.41. The zero-order chi connectivity index (χ0) is 37.6. The lowest BCUT2D eigenvalue weighted by molar-refractivity contribution is -0.150. The van der Waals surface area contributed by atoms with E-state index >= 15 is 0 Å². The molecule has 4 rings (SSSR count). The molecule has 2 aliphatic rings. The maximum atomic E-state index is 12.7. The van der Waals surface area contributed by atoms with Gasteiger partial charge in [-0.3, -0.25) is 4.79 Å². The van der Waals surface area contributed by atoms with Crippen LogP contribution in [0.25, 0.3) is 0 Å². The fraction of sp³-hybridized carbons (Fsp3) is 0.634. The van der Waals surface area contributed by atoms with E-state index in [9.17, 15) is 40.5 Å². The molecule has 1 heterocycles. The Labute approximate surface area is 317 Å². The number of carboxylic acids is 1. The van der Waals surface area contributed by atoms with Crippen LogP contribution in [0.2, 0.25) is 0 Å². The third kappa shape index (κ3) is 12.6. The highest BCUT2D eigenvalue weighted by molar-refractivity contribution is 8.76. The van der Waals surface area contributed by atoms with Crippen molar-refractivity contribution in [2.75, 3.05) is 12.3 Å². The number of allylic oxidation sites excluding steroid dienone is 1. The Morgan fingerprint density at radius 3 is 2.33 bits per heavy atom. The molecule has 1 saturated carbocycles. The Kier molecular flexibility index (Phi) is 18.0. The van der Waals surface area contributed by atoms with Gasteiger partial charge in [0.1, 0.15) is 0 Å². The van der Waals surface area contributed by atoms with Gasteiger partial charge in [-0.15, -0.1) is 0 Å². The Morgan fingerprint density at radius 1 is 0.942 bits per heavy atom. The van der Waals surface area contributed by atoms with E-state index in [2.05, 4.69) is 18.2 Å². The summed E-state index contributed by atoms with van der Waals surface area (Å²) in [6, 6.07) is 16.1. The molecule has 0 bridgehead atoms. The van der Waals surface area contributed by atoms with E-state index in [1.165, 1.54) is 12.5 Å². The Balaban J connectivity index is 1.70. The molecule has 290 valence electrons. The van der Waals surface area contributed by atoms with Gasteiger partial charge in [0, 0.05) is 11.5 Å². The SMILES string of the molecule is C[C@H](O)[C@H](C(=O)O)[C@H]1CCc2ccccc2CSSC[C@H](Cc2cccc(CO)c2)[C@@H](CC=C[C@H](O)[C@H](O)C2CCC(O)CC2)C[C@@H](O)[C@@H]1CCN. The second-order valence-corrected chi connectivity index (χ2v) is 17.6. The summed E-state index contributed by atoms with van der Waals surface area (Å²) >= 11 is 0. The van der Waals surface area contributed by atoms with Gasteiger partial charge in [0.05, 0.1) is 43.0 Å². The van der Waals surface area contributed by atoms with Crippen molar-refractivity contribution in [1.29, 1.82) is 0 Å². The Hall–Kier alpha value is -1.93. The van der Waals surface area contributed by atoms with Crippen LogP contribution in [0, 0.1) is 35.5 Å². The van der Waals surface area contributed by atoms with E-state index < -0.39 is 48.1 Å². The normalized spacial score (nSPS) is 29.0. The van der Waals surface area contributed by atoms with E-state index in [1.54, 1.807) is 27.7 Å². The minimum Gasteiger partial charge on any atom is -0.481 e. The highest BCUT2D eigenvalue weighted by Crippen LogP contribution is 2.41. The van der Waals surface area contributed by atoms with E-state index in [0.29, 0.717) is 64.2 Å². The fourth-order valence-corrected chi connectivity index (χ4v) is 11.1. The topological polar surface area (TPSA) is 185 Å². The third-order valence-corrected chi connectivity index (χ3v) is 13.9. The van der Waals surface area contributed by atoms with Crippen molar-refractivity contribution < 1.29 is 40.5 Å². The van der Waals surface area contributed by atoms with Gasteiger partial charge in [0.2, 0.25) is 0 Å². The second kappa shape index (κ2) is 21.8. The molecule has 1 aliphatic heterocycles. The van der Waals surface area contributed by atoms with Crippen molar-refractivity contribution in [3.63, 3.8) is 0 Å². The van der Waals surface area contributed by atoms with E-state index in [1.807, 2.05) is 36.4 Å². The number of fused-ring (bicyclic) bond motifs is 1. The molecule has 52 heavy (non-hydrogen) atoms. The Morgan fingerprint density at radius 2 is 1.65 bits per heavy atom. The molecule has 2 aromatic carbocycles. The fourth-order valence-electron chi connectivity index (χ4n) is 8.51. The third-order valence-electron chi connectivity index (χ3n) is 11.5. The molecule has 11 heteroatoms. The van der Waals surface area contributed by atoms with Gasteiger partial charge in [-0.05, 0) is 130 Å². The lowest BCUT2D eigenvalue weighted by Gasteiger charge is -2.38. The number of carboxylic acid groups (broad SMARTS) is 1. The van der Waals surface area contributed by atoms with Gasteiger partial charge in [0.15, 0.2) is 0 Å². The molecule has 1 aliphatic carbocycles. The zero-order valence-electron chi connectivity index (χ0n) is 30.5. The number of hydrogen-bond acceptors (Lipinski definition) is 10.